The minimum Gasteiger partial charge on any atom is -0.103 e. The molecule has 2 saturated carbocycles. The van der Waals surface area contributed by atoms with Crippen LogP contribution in [0.15, 0.2) is 12.4 Å². The van der Waals surface area contributed by atoms with Gasteiger partial charge in [-0.3, -0.25) is 0 Å². The van der Waals surface area contributed by atoms with Crippen molar-refractivity contribution in [2.24, 2.45) is 0 Å². The topological polar surface area (TPSA) is 0 Å². The van der Waals surface area contributed by atoms with Crippen LogP contribution in [0.4, 0.5) is 0 Å². The summed E-state index contributed by atoms with van der Waals surface area (Å²) in [5, 5.41) is 0. The first-order chi connectivity index (χ1) is 9.85. The van der Waals surface area contributed by atoms with Crippen molar-refractivity contribution in [1.29, 1.82) is 0 Å². The van der Waals surface area contributed by atoms with Crippen LogP contribution in [0.25, 0.3) is 0 Å². The second-order valence-electron chi connectivity index (χ2n) is 6.63. The zero-order valence-electron chi connectivity index (χ0n) is 13.5. The molecule has 0 aliphatic heterocycles. The maximum absolute atomic E-state index is 4.19. The average Bonchev–Trinajstić information content (AvgIpc) is 2.53. The third-order valence-corrected chi connectivity index (χ3v) is 11.6. The number of hydrogen-bond acceptors (Lipinski definition) is 0. The summed E-state index contributed by atoms with van der Waals surface area (Å²) in [7, 11) is 0.477. The molecule has 0 spiro atoms. The molecule has 2 heteroatoms. The Morgan fingerprint density at radius 1 is 0.850 bits per heavy atom. The first kappa shape index (κ1) is 17.0. The minimum absolute atomic E-state index is 0.144. The van der Waals surface area contributed by atoms with E-state index in [-0.39, 0.29) is 7.92 Å². The molecule has 0 amide bonds. The van der Waals surface area contributed by atoms with Crippen molar-refractivity contribution >= 4 is 15.8 Å². The van der Waals surface area contributed by atoms with E-state index in [1.807, 2.05) is 0 Å². The van der Waals surface area contributed by atoms with Crippen LogP contribution in [0.2, 0.25) is 0 Å². The normalized spacial score (nSPS) is 25.2. The summed E-state index contributed by atoms with van der Waals surface area (Å²) in [5.41, 5.74) is 2.16. The van der Waals surface area contributed by atoms with Gasteiger partial charge in [0.1, 0.15) is 0 Å². The monoisotopic (exact) mass is 312 g/mol. The van der Waals surface area contributed by atoms with Crippen molar-refractivity contribution in [2.75, 3.05) is 18.5 Å². The number of rotatable bonds is 7. The van der Waals surface area contributed by atoms with Gasteiger partial charge in [-0.25, -0.2) is 0 Å². The fraction of sp³-hybridized carbons (Fsp3) is 0.889. The molecule has 0 bridgehead atoms. The molecular formula is C18H34P2. The highest BCUT2D eigenvalue weighted by Gasteiger charge is 2.25. The Labute approximate surface area is 129 Å². The van der Waals surface area contributed by atoms with Crippen LogP contribution in [0.5, 0.6) is 0 Å². The zero-order valence-corrected chi connectivity index (χ0v) is 15.3. The molecule has 2 unspecified atom stereocenters. The summed E-state index contributed by atoms with van der Waals surface area (Å²) in [4.78, 5) is 0. The summed E-state index contributed by atoms with van der Waals surface area (Å²) in [6.45, 7) is 6.64. The van der Waals surface area contributed by atoms with Gasteiger partial charge in [0.2, 0.25) is 0 Å². The highest BCUT2D eigenvalue weighted by Crippen LogP contribution is 2.54. The summed E-state index contributed by atoms with van der Waals surface area (Å²) in [6, 6.07) is 0. The van der Waals surface area contributed by atoms with Gasteiger partial charge in [0.25, 0.3) is 0 Å². The van der Waals surface area contributed by atoms with Gasteiger partial charge in [-0.15, -0.1) is 7.92 Å². The van der Waals surface area contributed by atoms with E-state index in [0.717, 1.165) is 11.3 Å². The Hall–Kier alpha value is 0.600. The van der Waals surface area contributed by atoms with Crippen LogP contribution in [0.1, 0.15) is 71.1 Å². The van der Waals surface area contributed by atoms with Gasteiger partial charge >= 0.3 is 0 Å². The van der Waals surface area contributed by atoms with Crippen molar-refractivity contribution in [2.45, 2.75) is 82.4 Å². The molecule has 0 heterocycles. The Balaban J connectivity index is 1.78. The lowest BCUT2D eigenvalue weighted by molar-refractivity contribution is 0.509. The first-order valence-electron chi connectivity index (χ1n) is 8.97. The highest BCUT2D eigenvalue weighted by molar-refractivity contribution is 7.64. The van der Waals surface area contributed by atoms with E-state index < -0.39 is 0 Å². The molecule has 0 N–H and O–H groups in total. The van der Waals surface area contributed by atoms with Crippen LogP contribution >= 0.6 is 15.8 Å². The predicted molar refractivity (Wildman–Crippen MR) is 98.1 cm³/mol. The van der Waals surface area contributed by atoms with Gasteiger partial charge in [0, 0.05) is 0 Å². The fourth-order valence-electron chi connectivity index (χ4n) is 4.12. The second-order valence-corrected chi connectivity index (χ2v) is 12.2. The molecule has 2 aliphatic rings. The van der Waals surface area contributed by atoms with Crippen LogP contribution in [-0.4, -0.2) is 29.8 Å². The van der Waals surface area contributed by atoms with Crippen molar-refractivity contribution < 1.29 is 0 Å². The Kier molecular flexibility index (Phi) is 8.13. The standard InChI is InChI=1S/C18H34P2/c1-3-19(17-11-7-5-8-12-17)15-16-20(4-2)18-13-9-6-10-14-18/h3,17-18H,1,4-16H2,2H3. The largest absolute Gasteiger partial charge is 0.103 e. The quantitative estimate of drug-likeness (QED) is 0.454. The maximum Gasteiger partial charge on any atom is -0.0175 e. The molecule has 2 rings (SSSR count). The molecule has 0 radical (unpaired) electrons. The van der Waals surface area contributed by atoms with E-state index in [9.17, 15) is 0 Å². The van der Waals surface area contributed by atoms with E-state index in [0.29, 0.717) is 7.92 Å². The average molecular weight is 312 g/mol. The van der Waals surface area contributed by atoms with Crippen molar-refractivity contribution in [3.05, 3.63) is 12.4 Å². The highest BCUT2D eigenvalue weighted by atomic mass is 31.1. The lowest BCUT2D eigenvalue weighted by Gasteiger charge is -2.33. The molecule has 0 aromatic carbocycles. The Morgan fingerprint density at radius 2 is 1.40 bits per heavy atom. The lowest BCUT2D eigenvalue weighted by atomic mass is 10.0. The predicted octanol–water partition coefficient (Wildman–Crippen LogP) is 6.78. The van der Waals surface area contributed by atoms with E-state index in [1.165, 1.54) is 63.7 Å². The summed E-state index contributed by atoms with van der Waals surface area (Å²) in [6.07, 6.45) is 19.7. The molecule has 2 fully saturated rings. The molecule has 0 aromatic heterocycles. The Morgan fingerprint density at radius 3 is 1.90 bits per heavy atom. The van der Waals surface area contributed by atoms with Crippen molar-refractivity contribution in [1.82, 2.24) is 0 Å². The van der Waals surface area contributed by atoms with E-state index in [2.05, 4.69) is 19.3 Å². The summed E-state index contributed by atoms with van der Waals surface area (Å²) in [5.74, 6) is 2.37. The second kappa shape index (κ2) is 9.58. The van der Waals surface area contributed by atoms with E-state index >= 15 is 0 Å². The van der Waals surface area contributed by atoms with Gasteiger partial charge in [-0.05, 0) is 55.5 Å². The zero-order chi connectivity index (χ0) is 14.2. The van der Waals surface area contributed by atoms with Crippen LogP contribution in [0.3, 0.4) is 0 Å². The molecule has 0 nitrogen and oxygen atoms in total. The van der Waals surface area contributed by atoms with Gasteiger partial charge in [0.05, 0.1) is 0 Å². The smallest absolute Gasteiger partial charge is 0.0175 e. The fourth-order valence-corrected chi connectivity index (χ4v) is 10.2. The van der Waals surface area contributed by atoms with Crippen LogP contribution in [0, 0.1) is 0 Å². The van der Waals surface area contributed by atoms with Gasteiger partial charge in [-0.1, -0.05) is 65.8 Å². The molecule has 2 aliphatic carbocycles. The molecule has 116 valence electrons. The summed E-state index contributed by atoms with van der Waals surface area (Å²) >= 11 is 0. The first-order valence-corrected chi connectivity index (χ1v) is 12.4. The van der Waals surface area contributed by atoms with E-state index in [1.54, 1.807) is 19.0 Å². The SMILES string of the molecule is C=CP(CCP(CC)C1CCCCC1)C1CCCCC1. The molecule has 0 aromatic rings. The minimum atomic E-state index is 0.144. The Bertz CT molecular complexity index is 265. The maximum atomic E-state index is 4.19. The summed E-state index contributed by atoms with van der Waals surface area (Å²) < 4.78 is 0. The van der Waals surface area contributed by atoms with Gasteiger partial charge < -0.3 is 0 Å². The third kappa shape index (κ3) is 5.10. The van der Waals surface area contributed by atoms with E-state index in [4.69, 9.17) is 0 Å². The molecular weight excluding hydrogens is 278 g/mol. The van der Waals surface area contributed by atoms with Crippen LogP contribution in [-0.2, 0) is 0 Å². The molecule has 0 saturated heterocycles. The van der Waals surface area contributed by atoms with Gasteiger partial charge in [-0.2, -0.15) is 0 Å². The molecule has 20 heavy (non-hydrogen) atoms. The lowest BCUT2D eigenvalue weighted by Crippen LogP contribution is -2.16. The third-order valence-electron chi connectivity index (χ3n) is 5.42. The van der Waals surface area contributed by atoms with Gasteiger partial charge in [0.15, 0.2) is 0 Å². The number of hydrogen-bond donors (Lipinski definition) is 0. The van der Waals surface area contributed by atoms with Crippen molar-refractivity contribution in [3.8, 4) is 0 Å². The molecule has 2 atom stereocenters. The van der Waals surface area contributed by atoms with Crippen molar-refractivity contribution in [3.63, 3.8) is 0 Å². The van der Waals surface area contributed by atoms with Crippen LogP contribution < -0.4 is 0 Å².